The predicted octanol–water partition coefficient (Wildman–Crippen LogP) is 2.83. The van der Waals surface area contributed by atoms with Gasteiger partial charge in [0.05, 0.1) is 0 Å². The Labute approximate surface area is 80.9 Å². The van der Waals surface area contributed by atoms with Gasteiger partial charge in [-0.15, -0.1) is 0 Å². The third kappa shape index (κ3) is 2.44. The Bertz CT molecular complexity index is 147. The summed E-state index contributed by atoms with van der Waals surface area (Å²) in [4.78, 5) is 0. The molecular formula is C9H24NSi2. The molecule has 0 aromatic heterocycles. The van der Waals surface area contributed by atoms with Gasteiger partial charge in [0, 0.05) is 8.07 Å². The van der Waals surface area contributed by atoms with Crippen molar-refractivity contribution in [2.45, 2.75) is 44.7 Å². The number of hydrogen-bond donors (Lipinski definition) is 0. The van der Waals surface area contributed by atoms with Crippen LogP contribution in [0.5, 0.6) is 0 Å². The maximum Gasteiger partial charge on any atom is 0.135 e. The van der Waals surface area contributed by atoms with E-state index in [4.69, 9.17) is 0 Å². The summed E-state index contributed by atoms with van der Waals surface area (Å²) in [5, 5.41) is 0. The van der Waals surface area contributed by atoms with Crippen LogP contribution >= 0.6 is 0 Å². The van der Waals surface area contributed by atoms with E-state index >= 15 is 0 Å². The van der Waals surface area contributed by atoms with Crippen molar-refractivity contribution in [1.29, 1.82) is 0 Å². The first-order valence-electron chi connectivity index (χ1n) is 4.62. The highest BCUT2D eigenvalue weighted by molar-refractivity contribution is 6.90. The molecule has 0 bridgehead atoms. The van der Waals surface area contributed by atoms with Crippen LogP contribution in [-0.4, -0.2) is 35.7 Å². The maximum atomic E-state index is 2.48. The van der Waals surface area contributed by atoms with Gasteiger partial charge in [0.2, 0.25) is 0 Å². The monoisotopic (exact) mass is 202 g/mol. The summed E-state index contributed by atoms with van der Waals surface area (Å²) in [5.41, 5.74) is 0. The van der Waals surface area contributed by atoms with Gasteiger partial charge in [-0.05, 0) is 18.8 Å². The van der Waals surface area contributed by atoms with Gasteiger partial charge >= 0.3 is 0 Å². The highest BCUT2D eigenvalue weighted by Gasteiger charge is 2.41. The Balaban J connectivity index is 4.61. The molecule has 73 valence electrons. The van der Waals surface area contributed by atoms with Crippen molar-refractivity contribution >= 4 is 17.0 Å². The molecular weight excluding hydrogens is 178 g/mol. The first kappa shape index (κ1) is 12.4. The molecule has 1 radical (unpaired) electrons. The summed E-state index contributed by atoms with van der Waals surface area (Å²) in [5.74, 6) is 0. The molecule has 0 aliphatic heterocycles. The van der Waals surface area contributed by atoms with Crippen molar-refractivity contribution < 1.29 is 0 Å². The predicted molar refractivity (Wildman–Crippen MR) is 62.7 cm³/mol. The molecule has 0 aromatic carbocycles. The number of hydrogen-bond acceptors (Lipinski definition) is 1. The molecule has 0 spiro atoms. The lowest BCUT2D eigenvalue weighted by atomic mass is 10.5. The van der Waals surface area contributed by atoms with Gasteiger partial charge in [-0.3, -0.25) is 0 Å². The van der Waals surface area contributed by atoms with E-state index in [1.807, 2.05) is 0 Å². The van der Waals surface area contributed by atoms with E-state index < -0.39 is 8.07 Å². The van der Waals surface area contributed by atoms with Crippen LogP contribution < -0.4 is 0 Å². The molecule has 0 unspecified atom stereocenters. The molecule has 12 heavy (non-hydrogen) atoms. The van der Waals surface area contributed by atoms with Crippen molar-refractivity contribution in [2.75, 3.05) is 14.1 Å². The van der Waals surface area contributed by atoms with Crippen LogP contribution in [0.15, 0.2) is 0 Å². The van der Waals surface area contributed by atoms with Crippen LogP contribution in [-0.2, 0) is 0 Å². The molecule has 0 rings (SSSR count). The van der Waals surface area contributed by atoms with Gasteiger partial charge in [0.1, 0.15) is 8.96 Å². The molecule has 0 heterocycles. The van der Waals surface area contributed by atoms with Gasteiger partial charge in [-0.25, -0.2) is 0 Å². The minimum Gasteiger partial charge on any atom is -0.330 e. The van der Waals surface area contributed by atoms with Gasteiger partial charge in [-0.1, -0.05) is 40.0 Å². The summed E-state index contributed by atoms with van der Waals surface area (Å²) in [6.45, 7) is 14.8. The molecule has 1 nitrogen and oxygen atoms in total. The van der Waals surface area contributed by atoms with E-state index in [0.29, 0.717) is 4.66 Å². The first-order valence-corrected chi connectivity index (χ1v) is 10.1. The van der Waals surface area contributed by atoms with E-state index in [1.54, 1.807) is 0 Å². The quantitative estimate of drug-likeness (QED) is 0.636. The summed E-state index contributed by atoms with van der Waals surface area (Å²) in [6, 6.07) is 0. The maximum absolute atomic E-state index is 2.48. The standard InChI is InChI=1S/C9H24NSi2/c1-9(2,12(6,7)8)11(5)10(3)4/h1-8H3. The summed E-state index contributed by atoms with van der Waals surface area (Å²) < 4.78 is 3.02. The second-order valence-electron chi connectivity index (χ2n) is 5.35. The van der Waals surface area contributed by atoms with Gasteiger partial charge in [-0.2, -0.15) is 0 Å². The Morgan fingerprint density at radius 1 is 1.08 bits per heavy atom. The second-order valence-corrected chi connectivity index (χ2v) is 14.9. The Hall–Kier alpha value is 0.394. The van der Waals surface area contributed by atoms with Crippen LogP contribution in [0.25, 0.3) is 0 Å². The van der Waals surface area contributed by atoms with Crippen molar-refractivity contribution in [3.8, 4) is 0 Å². The lowest BCUT2D eigenvalue weighted by Crippen LogP contribution is -2.51. The Morgan fingerprint density at radius 2 is 1.42 bits per heavy atom. The van der Waals surface area contributed by atoms with E-state index in [2.05, 4.69) is 58.7 Å². The second kappa shape index (κ2) is 3.64. The largest absolute Gasteiger partial charge is 0.330 e. The van der Waals surface area contributed by atoms with E-state index in [1.165, 1.54) is 0 Å². The van der Waals surface area contributed by atoms with Crippen molar-refractivity contribution in [2.24, 2.45) is 0 Å². The molecule has 0 amide bonds. The van der Waals surface area contributed by atoms with Crippen LogP contribution in [0.2, 0.25) is 30.8 Å². The van der Waals surface area contributed by atoms with Crippen molar-refractivity contribution in [3.05, 3.63) is 0 Å². The zero-order valence-electron chi connectivity index (χ0n) is 9.95. The number of rotatable bonds is 3. The summed E-state index contributed by atoms with van der Waals surface area (Å²) >= 11 is 0. The van der Waals surface area contributed by atoms with Gasteiger partial charge < -0.3 is 4.57 Å². The lowest BCUT2D eigenvalue weighted by molar-refractivity contribution is 0.609. The third-order valence-electron chi connectivity index (χ3n) is 3.45. The highest BCUT2D eigenvalue weighted by atomic mass is 28.4. The zero-order chi connectivity index (χ0) is 10.2. The van der Waals surface area contributed by atoms with Gasteiger partial charge in [0.15, 0.2) is 0 Å². The van der Waals surface area contributed by atoms with Crippen molar-refractivity contribution in [3.63, 3.8) is 0 Å². The first-order chi connectivity index (χ1) is 5.10. The van der Waals surface area contributed by atoms with Crippen LogP contribution in [0.4, 0.5) is 0 Å². The highest BCUT2D eigenvalue weighted by Crippen LogP contribution is 2.39. The molecule has 0 atom stereocenters. The molecule has 3 heteroatoms. The molecule has 0 N–H and O–H groups in total. The Morgan fingerprint density at radius 3 is 1.50 bits per heavy atom. The molecule has 0 aromatic rings. The van der Waals surface area contributed by atoms with Crippen LogP contribution in [0.1, 0.15) is 13.8 Å². The van der Waals surface area contributed by atoms with E-state index in [-0.39, 0.29) is 8.96 Å². The molecule has 0 saturated carbocycles. The Kier molecular flexibility index (Phi) is 3.76. The molecule has 0 fully saturated rings. The summed E-state index contributed by atoms with van der Waals surface area (Å²) in [7, 11) is 3.08. The van der Waals surface area contributed by atoms with E-state index in [9.17, 15) is 0 Å². The van der Waals surface area contributed by atoms with E-state index in [0.717, 1.165) is 0 Å². The van der Waals surface area contributed by atoms with Crippen LogP contribution in [0.3, 0.4) is 0 Å². The SMILES string of the molecule is CN(C)[Si](C)C(C)(C)[Si](C)(C)C. The summed E-state index contributed by atoms with van der Waals surface area (Å²) in [6.07, 6.45) is 0. The topological polar surface area (TPSA) is 3.24 Å². The fourth-order valence-electron chi connectivity index (χ4n) is 1.10. The molecule has 0 saturated heterocycles. The normalized spacial score (nSPS) is 14.5. The number of nitrogens with zero attached hydrogens (tertiary/aromatic N) is 1. The minimum atomic E-state index is -1.01. The average Bonchev–Trinajstić information content (AvgIpc) is 1.83. The zero-order valence-corrected chi connectivity index (χ0v) is 11.9. The van der Waals surface area contributed by atoms with Gasteiger partial charge in [0.25, 0.3) is 0 Å². The fraction of sp³-hybridized carbons (Fsp3) is 1.00. The average molecular weight is 202 g/mol. The minimum absolute atomic E-state index is 0.345. The smallest absolute Gasteiger partial charge is 0.135 e. The van der Waals surface area contributed by atoms with Crippen LogP contribution in [0, 0.1) is 0 Å². The molecule has 0 aliphatic rings. The fourth-order valence-corrected chi connectivity index (χ4v) is 7.23. The van der Waals surface area contributed by atoms with Crippen molar-refractivity contribution in [1.82, 2.24) is 4.57 Å². The third-order valence-corrected chi connectivity index (χ3v) is 13.7. The molecule has 0 aliphatic carbocycles. The lowest BCUT2D eigenvalue weighted by Gasteiger charge is -2.43.